The molecule has 0 aliphatic carbocycles. The van der Waals surface area contributed by atoms with Gasteiger partial charge in [-0.2, -0.15) is 0 Å². The number of nitrogens with zero attached hydrogens (tertiary/aromatic N) is 2. The highest BCUT2D eigenvalue weighted by atomic mass is 16.5. The maximum atomic E-state index is 13.8. The van der Waals surface area contributed by atoms with E-state index in [0.717, 1.165) is 0 Å². The van der Waals surface area contributed by atoms with Crippen molar-refractivity contribution in [1.29, 1.82) is 0 Å². The van der Waals surface area contributed by atoms with Crippen molar-refractivity contribution in [2.24, 2.45) is 0 Å². The number of anilines is 1. The lowest BCUT2D eigenvalue weighted by molar-refractivity contribution is -0.144. The molecule has 2 heterocycles. The van der Waals surface area contributed by atoms with Crippen LogP contribution in [-0.2, 0) is 24.7 Å². The maximum absolute atomic E-state index is 13.8. The molecular formula is C26H26N2O6. The number of Topliss-reactive ketones (excluding diaryl/α,β-unsaturated/α-hetero) is 1. The highest BCUT2D eigenvalue weighted by molar-refractivity contribution is 6.50. The second kappa shape index (κ2) is 8.79. The van der Waals surface area contributed by atoms with Crippen LogP contribution in [0.5, 0.6) is 5.75 Å². The second-order valence-electron chi connectivity index (χ2n) is 8.17. The van der Waals surface area contributed by atoms with Gasteiger partial charge in [0.15, 0.2) is 5.54 Å². The van der Waals surface area contributed by atoms with Crippen LogP contribution in [0.15, 0.2) is 60.7 Å². The van der Waals surface area contributed by atoms with E-state index >= 15 is 0 Å². The lowest BCUT2D eigenvalue weighted by atomic mass is 9.82. The van der Waals surface area contributed by atoms with Crippen LogP contribution in [0.25, 0.3) is 5.76 Å². The largest absolute Gasteiger partial charge is 0.507 e. The van der Waals surface area contributed by atoms with Crippen LogP contribution in [0.4, 0.5) is 5.69 Å². The van der Waals surface area contributed by atoms with Crippen molar-refractivity contribution in [2.45, 2.75) is 12.5 Å². The summed E-state index contributed by atoms with van der Waals surface area (Å²) in [6, 6.07) is 11.9. The predicted molar refractivity (Wildman–Crippen MR) is 127 cm³/mol. The maximum Gasteiger partial charge on any atom is 0.296 e. The Morgan fingerprint density at radius 1 is 1.18 bits per heavy atom. The van der Waals surface area contributed by atoms with E-state index in [0.29, 0.717) is 34.7 Å². The number of ether oxygens (including phenoxy) is 2. The Kier molecular flexibility index (Phi) is 6.01. The van der Waals surface area contributed by atoms with Crippen LogP contribution in [0.3, 0.4) is 0 Å². The fourth-order valence-electron chi connectivity index (χ4n) is 4.71. The number of ketones is 1. The van der Waals surface area contributed by atoms with Gasteiger partial charge >= 0.3 is 0 Å². The topological polar surface area (TPSA) is 96.4 Å². The minimum absolute atomic E-state index is 0.000867. The molecule has 2 amide bonds. The number of aliphatic hydroxyl groups excluding tert-OH is 1. The van der Waals surface area contributed by atoms with Gasteiger partial charge < -0.3 is 24.4 Å². The molecule has 0 aromatic heterocycles. The summed E-state index contributed by atoms with van der Waals surface area (Å²) in [5.74, 6) is -2.10. The van der Waals surface area contributed by atoms with Gasteiger partial charge in [-0.3, -0.25) is 14.4 Å². The van der Waals surface area contributed by atoms with Crippen molar-refractivity contribution in [3.63, 3.8) is 0 Å². The summed E-state index contributed by atoms with van der Waals surface area (Å²) in [5, 5.41) is 11.4. The van der Waals surface area contributed by atoms with Gasteiger partial charge in [0.05, 0.1) is 12.2 Å². The zero-order chi connectivity index (χ0) is 24.6. The Morgan fingerprint density at radius 3 is 2.59 bits per heavy atom. The number of fused-ring (bicyclic) bond motifs is 2. The molecule has 176 valence electrons. The molecule has 1 spiro atoms. The number of likely N-dealkylation sites (N-methyl/N-ethyl adjacent to an activating group) is 1. The molecule has 8 nitrogen and oxygen atoms in total. The summed E-state index contributed by atoms with van der Waals surface area (Å²) in [4.78, 5) is 43.0. The summed E-state index contributed by atoms with van der Waals surface area (Å²) in [5.41, 5.74) is -0.00603. The summed E-state index contributed by atoms with van der Waals surface area (Å²) in [6.45, 7) is 5.85. The molecular weight excluding hydrogens is 436 g/mol. The van der Waals surface area contributed by atoms with Crippen molar-refractivity contribution in [2.75, 3.05) is 38.8 Å². The first kappa shape index (κ1) is 23.3. The quantitative estimate of drug-likeness (QED) is 0.294. The zero-order valence-electron chi connectivity index (χ0n) is 19.3. The van der Waals surface area contributed by atoms with Crippen LogP contribution in [0.1, 0.15) is 16.7 Å². The van der Waals surface area contributed by atoms with E-state index in [1.165, 1.54) is 16.9 Å². The summed E-state index contributed by atoms with van der Waals surface area (Å²) in [7, 11) is 3.06. The Bertz CT molecular complexity index is 1230. The molecule has 4 rings (SSSR count). The first-order chi connectivity index (χ1) is 16.3. The van der Waals surface area contributed by atoms with Crippen molar-refractivity contribution in [3.8, 4) is 5.75 Å². The molecule has 1 unspecified atom stereocenters. The Morgan fingerprint density at radius 2 is 1.91 bits per heavy atom. The van der Waals surface area contributed by atoms with Crippen LogP contribution in [0, 0.1) is 6.92 Å². The highest BCUT2D eigenvalue weighted by Gasteiger charge is 2.66. The van der Waals surface area contributed by atoms with Gasteiger partial charge in [0.1, 0.15) is 18.1 Å². The van der Waals surface area contributed by atoms with E-state index in [2.05, 4.69) is 6.58 Å². The van der Waals surface area contributed by atoms with E-state index in [1.807, 2.05) is 0 Å². The molecule has 2 aliphatic heterocycles. The fourth-order valence-corrected chi connectivity index (χ4v) is 4.71. The number of likely N-dealkylation sites (tertiary alicyclic amines) is 1. The number of para-hydroxylation sites is 1. The lowest BCUT2D eigenvalue weighted by Gasteiger charge is -2.34. The summed E-state index contributed by atoms with van der Waals surface area (Å²) < 4.78 is 10.7. The number of aryl methyl sites for hydroxylation is 1. The third-order valence-electron chi connectivity index (χ3n) is 6.26. The number of benzene rings is 2. The van der Waals surface area contributed by atoms with Crippen molar-refractivity contribution in [1.82, 2.24) is 4.90 Å². The number of rotatable bonds is 7. The van der Waals surface area contributed by atoms with Gasteiger partial charge in [-0.05, 0) is 36.8 Å². The van der Waals surface area contributed by atoms with E-state index in [1.54, 1.807) is 62.5 Å². The normalized spacial score (nSPS) is 20.9. The number of hydrogen-bond acceptors (Lipinski definition) is 6. The van der Waals surface area contributed by atoms with Crippen molar-refractivity contribution >= 4 is 29.0 Å². The molecule has 1 atom stereocenters. The first-order valence-corrected chi connectivity index (χ1v) is 10.8. The number of carbonyl (C=O) groups excluding carboxylic acids is 3. The minimum atomic E-state index is -1.78. The number of carbonyl (C=O) groups is 3. The SMILES string of the molecule is C=CCOc1ccc(/C(O)=C2\C(=O)C(=O)N(CCOC)C23C(=O)N(C)c2ccccc23)cc1C. The van der Waals surface area contributed by atoms with Gasteiger partial charge in [0.2, 0.25) is 0 Å². The second-order valence-corrected chi connectivity index (χ2v) is 8.17. The average molecular weight is 463 g/mol. The molecule has 2 aromatic rings. The van der Waals surface area contributed by atoms with Crippen molar-refractivity contribution < 1.29 is 29.0 Å². The number of aliphatic hydroxyl groups is 1. The first-order valence-electron chi connectivity index (χ1n) is 10.8. The molecule has 0 bridgehead atoms. The van der Waals surface area contributed by atoms with Crippen molar-refractivity contribution in [3.05, 3.63) is 77.4 Å². The third-order valence-corrected chi connectivity index (χ3v) is 6.26. The Hall–Kier alpha value is -3.91. The van der Waals surface area contributed by atoms with Crippen LogP contribution >= 0.6 is 0 Å². The molecule has 1 fully saturated rings. The van der Waals surface area contributed by atoms with Gasteiger partial charge in [0.25, 0.3) is 17.6 Å². The zero-order valence-corrected chi connectivity index (χ0v) is 19.3. The van der Waals surface area contributed by atoms with Crippen LogP contribution < -0.4 is 9.64 Å². The predicted octanol–water partition coefficient (Wildman–Crippen LogP) is 2.76. The van der Waals surface area contributed by atoms with Crippen LogP contribution in [0.2, 0.25) is 0 Å². The molecule has 34 heavy (non-hydrogen) atoms. The highest BCUT2D eigenvalue weighted by Crippen LogP contribution is 2.53. The van der Waals surface area contributed by atoms with E-state index in [9.17, 15) is 19.5 Å². The minimum Gasteiger partial charge on any atom is -0.507 e. The molecule has 8 heteroatoms. The van der Waals surface area contributed by atoms with E-state index in [4.69, 9.17) is 9.47 Å². The lowest BCUT2D eigenvalue weighted by Crippen LogP contribution is -2.52. The monoisotopic (exact) mass is 462 g/mol. The number of amides is 2. The average Bonchev–Trinajstić information content (AvgIpc) is 3.20. The molecule has 1 saturated heterocycles. The van der Waals surface area contributed by atoms with Gasteiger partial charge in [-0.25, -0.2) is 0 Å². The summed E-state index contributed by atoms with van der Waals surface area (Å²) in [6.07, 6.45) is 1.62. The molecule has 1 N–H and O–H groups in total. The van der Waals surface area contributed by atoms with Gasteiger partial charge in [0, 0.05) is 37.5 Å². The van der Waals surface area contributed by atoms with E-state index in [-0.39, 0.29) is 18.7 Å². The van der Waals surface area contributed by atoms with E-state index < -0.39 is 28.9 Å². The number of methoxy groups -OCH3 is 1. The third kappa shape index (κ3) is 3.21. The molecule has 2 aliphatic rings. The Balaban J connectivity index is 1.97. The van der Waals surface area contributed by atoms with Crippen LogP contribution in [-0.4, -0.2) is 61.5 Å². The molecule has 2 aromatic carbocycles. The molecule has 0 saturated carbocycles. The standard InChI is InChI=1S/C26H26N2O6/c1-5-13-34-20-11-10-17(15-16(20)2)22(29)21-23(30)24(31)28(12-14-33-4)26(21)18-8-6-7-9-19(18)27(3)25(26)32/h5-11,15,29H,1,12-14H2,2-4H3/b22-21-. The fraction of sp³-hybridized carbons (Fsp3) is 0.269. The Labute approximate surface area is 197 Å². The van der Waals surface area contributed by atoms with Gasteiger partial charge in [-0.1, -0.05) is 30.9 Å². The smallest absolute Gasteiger partial charge is 0.296 e. The molecule has 0 radical (unpaired) electrons. The van der Waals surface area contributed by atoms with Gasteiger partial charge in [-0.15, -0.1) is 0 Å². The number of hydrogen-bond donors (Lipinski definition) is 1. The summed E-state index contributed by atoms with van der Waals surface area (Å²) >= 11 is 0.